The summed E-state index contributed by atoms with van der Waals surface area (Å²) in [7, 11) is 0. The van der Waals surface area contributed by atoms with Crippen LogP contribution in [0.3, 0.4) is 0 Å². The van der Waals surface area contributed by atoms with Crippen LogP contribution in [-0.4, -0.2) is 31.4 Å². The monoisotopic (exact) mass is 389 g/mol. The van der Waals surface area contributed by atoms with Crippen LogP contribution in [-0.2, 0) is 4.79 Å². The molecule has 2 unspecified atom stereocenters. The third-order valence-electron chi connectivity index (χ3n) is 5.47. The largest absolute Gasteiger partial charge is 0.310 e. The van der Waals surface area contributed by atoms with E-state index in [4.69, 9.17) is 0 Å². The number of carbonyl (C=O) groups is 1. The van der Waals surface area contributed by atoms with Crippen LogP contribution in [0.1, 0.15) is 23.4 Å². The van der Waals surface area contributed by atoms with Gasteiger partial charge in [-0.2, -0.15) is 0 Å². The van der Waals surface area contributed by atoms with Gasteiger partial charge in [0.15, 0.2) is 0 Å². The average molecular weight is 389 g/mol. The second-order valence-electron chi connectivity index (χ2n) is 7.73. The van der Waals surface area contributed by atoms with Gasteiger partial charge in [0.2, 0.25) is 5.91 Å². The van der Waals surface area contributed by atoms with Gasteiger partial charge in [-0.1, -0.05) is 0 Å². The number of carbonyl (C=O) groups excluding carboxylic acids is 1. The number of rotatable bonds is 3. The van der Waals surface area contributed by atoms with Gasteiger partial charge in [0.25, 0.3) is 0 Å². The fraction of sp³-hybridized carbons (Fsp3) is 0.273. The zero-order chi connectivity index (χ0) is 20.3. The van der Waals surface area contributed by atoms with Crippen molar-refractivity contribution in [1.29, 1.82) is 0 Å². The summed E-state index contributed by atoms with van der Waals surface area (Å²) < 4.78 is 15.2. The number of aromatic nitrogens is 4. The Kier molecular flexibility index (Phi) is 3.87. The quantitative estimate of drug-likeness (QED) is 0.571. The summed E-state index contributed by atoms with van der Waals surface area (Å²) in [6.07, 6.45) is 4.68. The molecule has 5 rings (SSSR count). The lowest BCUT2D eigenvalue weighted by Gasteiger charge is -2.13. The first-order valence-electron chi connectivity index (χ1n) is 9.58. The van der Waals surface area contributed by atoms with Crippen molar-refractivity contribution in [3.8, 4) is 11.1 Å². The molecule has 2 atom stereocenters. The molecule has 1 saturated carbocycles. The van der Waals surface area contributed by atoms with Crippen molar-refractivity contribution in [2.75, 3.05) is 5.32 Å². The number of anilines is 1. The SMILES string of the molecule is Cc1cc(C)c(-c2cc3cnc(NC(=O)C4CC4F)cc3n3c(C)cnc23)cn1. The van der Waals surface area contributed by atoms with Gasteiger partial charge in [-0.15, -0.1) is 0 Å². The molecule has 7 heteroatoms. The van der Waals surface area contributed by atoms with Gasteiger partial charge in [-0.25, -0.2) is 14.4 Å². The van der Waals surface area contributed by atoms with E-state index in [-0.39, 0.29) is 12.3 Å². The molecule has 1 amide bonds. The molecule has 1 aliphatic carbocycles. The highest BCUT2D eigenvalue weighted by atomic mass is 19.1. The molecular weight excluding hydrogens is 369 g/mol. The molecule has 1 fully saturated rings. The predicted octanol–water partition coefficient (Wildman–Crippen LogP) is 4.17. The van der Waals surface area contributed by atoms with E-state index in [0.29, 0.717) is 5.82 Å². The Morgan fingerprint density at radius 1 is 1.07 bits per heavy atom. The first-order chi connectivity index (χ1) is 13.9. The smallest absolute Gasteiger partial charge is 0.231 e. The van der Waals surface area contributed by atoms with Crippen LogP contribution >= 0.6 is 0 Å². The van der Waals surface area contributed by atoms with Crippen molar-refractivity contribution in [3.63, 3.8) is 0 Å². The van der Waals surface area contributed by atoms with Crippen LogP contribution in [0.15, 0.2) is 36.8 Å². The number of imidazole rings is 1. The Hall–Kier alpha value is -3.35. The van der Waals surface area contributed by atoms with Crippen LogP contribution < -0.4 is 5.32 Å². The second kappa shape index (κ2) is 6.34. The molecule has 1 aliphatic rings. The molecule has 146 valence electrons. The third kappa shape index (κ3) is 2.93. The first kappa shape index (κ1) is 17.7. The number of amides is 1. The summed E-state index contributed by atoms with van der Waals surface area (Å²) >= 11 is 0. The van der Waals surface area contributed by atoms with Gasteiger partial charge in [-0.3, -0.25) is 14.2 Å². The topological polar surface area (TPSA) is 72.2 Å². The molecule has 4 aromatic rings. The Morgan fingerprint density at radius 3 is 2.59 bits per heavy atom. The molecule has 4 heterocycles. The van der Waals surface area contributed by atoms with Crippen molar-refractivity contribution in [1.82, 2.24) is 19.4 Å². The molecule has 4 aromatic heterocycles. The molecule has 0 saturated heterocycles. The van der Waals surface area contributed by atoms with Crippen LogP contribution in [0, 0.1) is 26.7 Å². The molecule has 1 N–H and O–H groups in total. The lowest BCUT2D eigenvalue weighted by molar-refractivity contribution is -0.117. The molecular formula is C22H20FN5O. The number of aryl methyl sites for hydroxylation is 3. The standard InChI is InChI=1S/C22H20FN5O/c1-11-4-12(2)24-10-17(11)15-5-14-9-25-20(27-22(29)16-6-18(16)23)7-19(14)28-13(3)8-26-21(15)28/h4-5,7-10,16,18H,6H2,1-3H3,(H,25,27,29). The molecule has 0 aromatic carbocycles. The third-order valence-corrected chi connectivity index (χ3v) is 5.47. The summed E-state index contributed by atoms with van der Waals surface area (Å²) in [5.74, 6) is -0.459. The maximum Gasteiger partial charge on any atom is 0.231 e. The van der Waals surface area contributed by atoms with Crippen molar-refractivity contribution in [2.45, 2.75) is 33.4 Å². The number of alkyl halides is 1. The fourth-order valence-electron chi connectivity index (χ4n) is 3.81. The van der Waals surface area contributed by atoms with Crippen LogP contribution in [0.5, 0.6) is 0 Å². The Labute approximate surface area is 166 Å². The van der Waals surface area contributed by atoms with E-state index >= 15 is 0 Å². The minimum Gasteiger partial charge on any atom is -0.310 e. The summed E-state index contributed by atoms with van der Waals surface area (Å²) in [6, 6.07) is 5.92. The second-order valence-corrected chi connectivity index (χ2v) is 7.73. The highest BCUT2D eigenvalue weighted by Gasteiger charge is 2.43. The number of hydrogen-bond donors (Lipinski definition) is 1. The summed E-state index contributed by atoms with van der Waals surface area (Å²) in [5.41, 5.74) is 6.77. The highest BCUT2D eigenvalue weighted by molar-refractivity contribution is 5.97. The number of halogens is 1. The number of hydrogen-bond acceptors (Lipinski definition) is 4. The van der Waals surface area contributed by atoms with Crippen LogP contribution in [0.4, 0.5) is 10.2 Å². The van der Waals surface area contributed by atoms with Gasteiger partial charge in [0.05, 0.1) is 11.4 Å². The van der Waals surface area contributed by atoms with E-state index in [1.807, 2.05) is 38.4 Å². The zero-order valence-electron chi connectivity index (χ0n) is 16.4. The van der Waals surface area contributed by atoms with Gasteiger partial charge in [-0.05, 0) is 44.9 Å². The number of nitrogens with one attached hydrogen (secondary N) is 1. The van der Waals surface area contributed by atoms with Crippen molar-refractivity contribution >= 4 is 28.3 Å². The van der Waals surface area contributed by atoms with Crippen LogP contribution in [0.2, 0.25) is 0 Å². The highest BCUT2D eigenvalue weighted by Crippen LogP contribution is 2.35. The summed E-state index contributed by atoms with van der Waals surface area (Å²) in [5, 5.41) is 3.65. The van der Waals surface area contributed by atoms with E-state index in [2.05, 4.69) is 37.7 Å². The van der Waals surface area contributed by atoms with E-state index in [0.717, 1.165) is 44.6 Å². The van der Waals surface area contributed by atoms with Gasteiger partial charge < -0.3 is 5.32 Å². The lowest BCUT2D eigenvalue weighted by Crippen LogP contribution is -2.16. The molecule has 0 radical (unpaired) electrons. The predicted molar refractivity (Wildman–Crippen MR) is 110 cm³/mol. The van der Waals surface area contributed by atoms with E-state index in [1.54, 1.807) is 6.20 Å². The minimum atomic E-state index is -1.04. The van der Waals surface area contributed by atoms with Crippen molar-refractivity contribution in [2.24, 2.45) is 5.92 Å². The molecule has 29 heavy (non-hydrogen) atoms. The maximum atomic E-state index is 13.2. The van der Waals surface area contributed by atoms with E-state index in [9.17, 15) is 9.18 Å². The number of nitrogens with zero attached hydrogens (tertiary/aromatic N) is 4. The molecule has 0 spiro atoms. The van der Waals surface area contributed by atoms with Crippen molar-refractivity contribution < 1.29 is 9.18 Å². The van der Waals surface area contributed by atoms with Gasteiger partial charge >= 0.3 is 0 Å². The van der Waals surface area contributed by atoms with Gasteiger partial charge in [0, 0.05) is 52.6 Å². The fourth-order valence-corrected chi connectivity index (χ4v) is 3.81. The summed E-state index contributed by atoms with van der Waals surface area (Å²) in [6.45, 7) is 6.02. The number of pyridine rings is 3. The Bertz CT molecular complexity index is 1300. The Balaban J connectivity index is 1.67. The van der Waals surface area contributed by atoms with E-state index < -0.39 is 12.1 Å². The van der Waals surface area contributed by atoms with Crippen molar-refractivity contribution in [3.05, 3.63) is 53.7 Å². The summed E-state index contributed by atoms with van der Waals surface area (Å²) in [4.78, 5) is 25.5. The van der Waals surface area contributed by atoms with E-state index in [1.165, 1.54) is 0 Å². The van der Waals surface area contributed by atoms with Crippen LogP contribution in [0.25, 0.3) is 27.7 Å². The van der Waals surface area contributed by atoms with Gasteiger partial charge in [0.1, 0.15) is 17.6 Å². The zero-order valence-corrected chi connectivity index (χ0v) is 16.4. The minimum absolute atomic E-state index is 0.289. The lowest BCUT2D eigenvalue weighted by atomic mass is 10.0. The molecule has 6 nitrogen and oxygen atoms in total. The molecule has 0 bridgehead atoms. The first-order valence-corrected chi connectivity index (χ1v) is 9.58. The number of fused-ring (bicyclic) bond motifs is 3. The maximum absolute atomic E-state index is 13.2. The average Bonchev–Trinajstić information content (AvgIpc) is 3.29. The molecule has 0 aliphatic heterocycles. The normalized spacial score (nSPS) is 18.3. The Morgan fingerprint density at radius 2 is 1.86 bits per heavy atom.